The Hall–Kier alpha value is -1.11. The lowest BCUT2D eigenvalue weighted by Crippen LogP contribution is -2.34. The van der Waals surface area contributed by atoms with E-state index < -0.39 is 5.91 Å². The predicted molar refractivity (Wildman–Crippen MR) is 77.8 cm³/mol. The molecule has 1 fully saturated rings. The molecule has 2 rings (SSSR count). The summed E-state index contributed by atoms with van der Waals surface area (Å²) in [6.07, 6.45) is 0.920. The topological polar surface area (TPSA) is 89.4 Å². The Morgan fingerprint density at radius 2 is 2.21 bits per heavy atom. The summed E-state index contributed by atoms with van der Waals surface area (Å²) in [5.41, 5.74) is 11.3. The number of amides is 2. The summed E-state index contributed by atoms with van der Waals surface area (Å²) in [6, 6.07) is 1.56. The lowest BCUT2D eigenvalue weighted by molar-refractivity contribution is 0.0781. The van der Waals surface area contributed by atoms with Gasteiger partial charge in [-0.1, -0.05) is 6.92 Å². The van der Waals surface area contributed by atoms with Crippen LogP contribution in [0.2, 0.25) is 0 Å². The predicted octanol–water partition coefficient (Wildman–Crippen LogP) is 1.08. The van der Waals surface area contributed by atoms with Crippen molar-refractivity contribution in [1.29, 1.82) is 0 Å². The third kappa shape index (κ3) is 3.26. The van der Waals surface area contributed by atoms with E-state index in [1.54, 1.807) is 16.3 Å². The molecule has 1 aromatic heterocycles. The number of thiophene rings is 1. The molecule has 1 aromatic rings. The summed E-state index contributed by atoms with van der Waals surface area (Å²) < 4.78 is 0. The fraction of sp³-hybridized carbons (Fsp3) is 0.500. The van der Waals surface area contributed by atoms with Crippen LogP contribution in [0.3, 0.4) is 0 Å². The minimum absolute atomic E-state index is 0. The van der Waals surface area contributed by atoms with E-state index in [0.29, 0.717) is 23.5 Å². The molecule has 1 aliphatic rings. The minimum Gasteiger partial charge on any atom is -0.366 e. The quantitative estimate of drug-likeness (QED) is 0.875. The number of hydrogen-bond acceptors (Lipinski definition) is 4. The van der Waals surface area contributed by atoms with Crippen LogP contribution < -0.4 is 11.5 Å². The smallest absolute Gasteiger partial charge is 0.263 e. The van der Waals surface area contributed by atoms with Crippen molar-refractivity contribution in [2.45, 2.75) is 13.3 Å². The maximum atomic E-state index is 12.2. The number of carbonyl (C=O) groups excluding carboxylic acids is 2. The first-order valence-electron chi connectivity index (χ1n) is 5.83. The highest BCUT2D eigenvalue weighted by Gasteiger charge is 2.35. The zero-order valence-electron chi connectivity index (χ0n) is 10.7. The molecular formula is C12H18ClN3O2S. The van der Waals surface area contributed by atoms with E-state index in [4.69, 9.17) is 11.5 Å². The van der Waals surface area contributed by atoms with Crippen molar-refractivity contribution in [3.05, 3.63) is 21.9 Å². The Labute approximate surface area is 122 Å². The molecule has 0 aliphatic carbocycles. The normalized spacial score (nSPS) is 22.1. The Morgan fingerprint density at radius 3 is 2.68 bits per heavy atom. The third-order valence-corrected chi connectivity index (χ3v) is 4.35. The summed E-state index contributed by atoms with van der Waals surface area (Å²) in [6.45, 7) is 4.06. The first-order valence-corrected chi connectivity index (χ1v) is 6.71. The molecule has 0 spiro atoms. The van der Waals surface area contributed by atoms with Gasteiger partial charge in [-0.05, 0) is 24.4 Å². The summed E-state index contributed by atoms with van der Waals surface area (Å²) in [5, 5.41) is 1.62. The Balaban J connectivity index is 0.00000180. The molecule has 1 saturated heterocycles. The van der Waals surface area contributed by atoms with Gasteiger partial charge in [0.25, 0.3) is 5.91 Å². The van der Waals surface area contributed by atoms with Crippen molar-refractivity contribution in [1.82, 2.24) is 4.90 Å². The maximum absolute atomic E-state index is 12.2. The van der Waals surface area contributed by atoms with Gasteiger partial charge in [-0.2, -0.15) is 0 Å². The minimum atomic E-state index is -0.501. The van der Waals surface area contributed by atoms with E-state index in [1.807, 2.05) is 0 Å². The summed E-state index contributed by atoms with van der Waals surface area (Å²) in [5.74, 6) is -0.539. The molecule has 0 radical (unpaired) electrons. The molecule has 5 nitrogen and oxygen atoms in total. The number of nitrogens with zero attached hydrogens (tertiary/aromatic N) is 1. The van der Waals surface area contributed by atoms with Crippen LogP contribution in [0.1, 0.15) is 33.4 Å². The molecule has 1 unspecified atom stereocenters. The Bertz CT molecular complexity index is 491. The van der Waals surface area contributed by atoms with Crippen LogP contribution in [0, 0.1) is 5.41 Å². The number of primary amides is 1. The molecule has 106 valence electrons. The van der Waals surface area contributed by atoms with Gasteiger partial charge in [-0.3, -0.25) is 9.59 Å². The van der Waals surface area contributed by atoms with Gasteiger partial charge in [-0.25, -0.2) is 0 Å². The third-order valence-electron chi connectivity index (χ3n) is 3.43. The first kappa shape index (κ1) is 15.9. The molecular weight excluding hydrogens is 286 g/mol. The average molecular weight is 304 g/mol. The SMILES string of the molecule is CC1(CN)CCN(C(=O)c2cc(C(N)=O)cs2)C1.Cl. The van der Waals surface area contributed by atoms with Gasteiger partial charge in [-0.15, -0.1) is 23.7 Å². The molecule has 1 atom stereocenters. The van der Waals surface area contributed by atoms with Gasteiger partial charge in [0.2, 0.25) is 5.91 Å². The van der Waals surface area contributed by atoms with Gasteiger partial charge < -0.3 is 16.4 Å². The van der Waals surface area contributed by atoms with Crippen molar-refractivity contribution < 1.29 is 9.59 Å². The fourth-order valence-electron chi connectivity index (χ4n) is 2.10. The number of halogens is 1. The number of nitrogens with two attached hydrogens (primary N) is 2. The average Bonchev–Trinajstić information content (AvgIpc) is 2.95. The second-order valence-electron chi connectivity index (χ2n) is 5.06. The highest BCUT2D eigenvalue weighted by Crippen LogP contribution is 2.30. The van der Waals surface area contributed by atoms with Crippen molar-refractivity contribution in [2.24, 2.45) is 16.9 Å². The molecule has 2 heterocycles. The van der Waals surface area contributed by atoms with Crippen molar-refractivity contribution >= 4 is 35.6 Å². The first-order chi connectivity index (χ1) is 8.45. The molecule has 0 saturated carbocycles. The summed E-state index contributed by atoms with van der Waals surface area (Å²) in [7, 11) is 0. The van der Waals surface area contributed by atoms with E-state index in [0.717, 1.165) is 13.0 Å². The van der Waals surface area contributed by atoms with Crippen LogP contribution in [-0.2, 0) is 0 Å². The van der Waals surface area contributed by atoms with Gasteiger partial charge in [0.1, 0.15) is 0 Å². The van der Waals surface area contributed by atoms with Gasteiger partial charge >= 0.3 is 0 Å². The van der Waals surface area contributed by atoms with Crippen LogP contribution in [-0.4, -0.2) is 36.3 Å². The van der Waals surface area contributed by atoms with E-state index >= 15 is 0 Å². The van der Waals surface area contributed by atoms with Crippen LogP contribution in [0.15, 0.2) is 11.4 Å². The molecule has 0 aromatic carbocycles. The van der Waals surface area contributed by atoms with Crippen LogP contribution in [0.25, 0.3) is 0 Å². The number of carbonyl (C=O) groups is 2. The molecule has 19 heavy (non-hydrogen) atoms. The summed E-state index contributed by atoms with van der Waals surface area (Å²) in [4.78, 5) is 25.6. The van der Waals surface area contributed by atoms with Crippen LogP contribution in [0.4, 0.5) is 0 Å². The highest BCUT2D eigenvalue weighted by atomic mass is 35.5. The van der Waals surface area contributed by atoms with Gasteiger partial charge in [0, 0.05) is 18.5 Å². The molecule has 7 heteroatoms. The van der Waals surface area contributed by atoms with E-state index in [-0.39, 0.29) is 23.7 Å². The molecule has 0 bridgehead atoms. The highest BCUT2D eigenvalue weighted by molar-refractivity contribution is 7.12. The lowest BCUT2D eigenvalue weighted by atomic mass is 9.90. The second kappa shape index (κ2) is 5.90. The van der Waals surface area contributed by atoms with Gasteiger partial charge in [0.05, 0.1) is 10.4 Å². The molecule has 1 aliphatic heterocycles. The maximum Gasteiger partial charge on any atom is 0.263 e. The van der Waals surface area contributed by atoms with Crippen LogP contribution in [0.5, 0.6) is 0 Å². The van der Waals surface area contributed by atoms with E-state index in [9.17, 15) is 9.59 Å². The summed E-state index contributed by atoms with van der Waals surface area (Å²) >= 11 is 1.26. The second-order valence-corrected chi connectivity index (χ2v) is 5.97. The molecule has 2 amide bonds. The fourth-order valence-corrected chi connectivity index (χ4v) is 2.96. The largest absolute Gasteiger partial charge is 0.366 e. The molecule has 4 N–H and O–H groups in total. The van der Waals surface area contributed by atoms with Crippen LogP contribution >= 0.6 is 23.7 Å². The number of hydrogen-bond donors (Lipinski definition) is 2. The lowest BCUT2D eigenvalue weighted by Gasteiger charge is -2.22. The zero-order chi connectivity index (χ0) is 13.3. The van der Waals surface area contributed by atoms with E-state index in [2.05, 4.69) is 6.92 Å². The van der Waals surface area contributed by atoms with Crippen molar-refractivity contribution in [3.63, 3.8) is 0 Å². The Morgan fingerprint density at radius 1 is 1.53 bits per heavy atom. The monoisotopic (exact) mass is 303 g/mol. The van der Waals surface area contributed by atoms with Crippen molar-refractivity contribution in [3.8, 4) is 0 Å². The Kier molecular flexibility index (Phi) is 4.95. The standard InChI is InChI=1S/C12H17N3O2S.ClH/c1-12(6-13)2-3-15(7-12)11(17)9-4-8(5-18-9)10(14)16;/h4-5H,2-3,6-7,13H2,1H3,(H2,14,16);1H. The van der Waals surface area contributed by atoms with Gasteiger partial charge in [0.15, 0.2) is 0 Å². The zero-order valence-corrected chi connectivity index (χ0v) is 12.4. The number of rotatable bonds is 3. The van der Waals surface area contributed by atoms with Crippen molar-refractivity contribution in [2.75, 3.05) is 19.6 Å². The number of likely N-dealkylation sites (tertiary alicyclic amines) is 1. The van der Waals surface area contributed by atoms with E-state index in [1.165, 1.54) is 11.3 Å².